The van der Waals surface area contributed by atoms with E-state index in [2.05, 4.69) is 11.6 Å². The van der Waals surface area contributed by atoms with Gasteiger partial charge in [-0.25, -0.2) is 0 Å². The molecule has 98 valence electrons. The molecule has 0 aromatic rings. The minimum absolute atomic E-state index is 0.190. The van der Waals surface area contributed by atoms with Gasteiger partial charge in [0.05, 0.1) is 0 Å². The Morgan fingerprint density at radius 3 is 2.19 bits per heavy atom. The van der Waals surface area contributed by atoms with Crippen molar-refractivity contribution < 1.29 is 13.2 Å². The van der Waals surface area contributed by atoms with Gasteiger partial charge < -0.3 is 5.32 Å². The molecule has 0 aliphatic carbocycles. The quantitative estimate of drug-likeness (QED) is 0.597. The van der Waals surface area contributed by atoms with Gasteiger partial charge in [0.15, 0.2) is 0 Å². The van der Waals surface area contributed by atoms with Crippen molar-refractivity contribution in [1.82, 2.24) is 5.32 Å². The fourth-order valence-corrected chi connectivity index (χ4v) is 1.88. The summed E-state index contributed by atoms with van der Waals surface area (Å²) in [6, 6.07) is 0. The minimum atomic E-state index is -4.00. The Bertz CT molecular complexity index is 151. The van der Waals surface area contributed by atoms with E-state index in [9.17, 15) is 13.2 Å². The van der Waals surface area contributed by atoms with Crippen molar-refractivity contribution in [1.29, 1.82) is 0 Å². The predicted molar refractivity (Wildman–Crippen MR) is 65.0 cm³/mol. The molecule has 0 aliphatic rings. The summed E-state index contributed by atoms with van der Waals surface area (Å²) in [7, 11) is 0. The zero-order valence-electron chi connectivity index (χ0n) is 9.91. The van der Waals surface area contributed by atoms with Gasteiger partial charge >= 0.3 is 6.18 Å². The number of unbranched alkanes of at least 4 members (excludes halogenated alkanes) is 3. The minimum Gasteiger partial charge on any atom is -0.317 e. The summed E-state index contributed by atoms with van der Waals surface area (Å²) in [5, 5.41) is 3.04. The lowest BCUT2D eigenvalue weighted by Crippen LogP contribution is -2.19. The maximum absolute atomic E-state index is 11.8. The monoisotopic (exact) mass is 257 g/mol. The van der Waals surface area contributed by atoms with Crippen molar-refractivity contribution in [3.63, 3.8) is 0 Å². The number of thioether (sulfide) groups is 1. The smallest absolute Gasteiger partial charge is 0.317 e. The molecule has 0 fully saturated rings. The average molecular weight is 257 g/mol. The van der Waals surface area contributed by atoms with Crippen LogP contribution in [0.1, 0.15) is 38.5 Å². The van der Waals surface area contributed by atoms with E-state index in [1.165, 1.54) is 25.0 Å². The van der Waals surface area contributed by atoms with E-state index in [0.29, 0.717) is 6.54 Å². The van der Waals surface area contributed by atoms with Crippen molar-refractivity contribution >= 4 is 11.8 Å². The van der Waals surface area contributed by atoms with Crippen LogP contribution in [0, 0.1) is 0 Å². The van der Waals surface area contributed by atoms with Gasteiger partial charge in [0.1, 0.15) is 0 Å². The molecule has 1 nitrogen and oxygen atoms in total. The van der Waals surface area contributed by atoms with E-state index in [1.54, 1.807) is 0 Å². The number of rotatable bonds is 10. The van der Waals surface area contributed by atoms with E-state index >= 15 is 0 Å². The summed E-state index contributed by atoms with van der Waals surface area (Å²) in [6.45, 7) is 1.32. The number of halogens is 3. The second-order valence-electron chi connectivity index (χ2n) is 3.88. The van der Waals surface area contributed by atoms with Gasteiger partial charge in [-0.05, 0) is 44.4 Å². The Morgan fingerprint density at radius 2 is 1.56 bits per heavy atom. The third kappa shape index (κ3) is 14.1. The molecule has 0 aliphatic heterocycles. The highest BCUT2D eigenvalue weighted by molar-refractivity contribution is 7.98. The van der Waals surface area contributed by atoms with Crippen LogP contribution in [-0.4, -0.2) is 31.3 Å². The molecule has 0 heterocycles. The Kier molecular flexibility index (Phi) is 10.3. The van der Waals surface area contributed by atoms with E-state index in [4.69, 9.17) is 0 Å². The zero-order chi connectivity index (χ0) is 12.3. The molecule has 0 rings (SSSR count). The van der Waals surface area contributed by atoms with Crippen molar-refractivity contribution in [2.24, 2.45) is 0 Å². The molecule has 0 unspecified atom stereocenters. The molecule has 0 radical (unpaired) electrons. The molecule has 0 saturated carbocycles. The van der Waals surface area contributed by atoms with Crippen LogP contribution in [0.25, 0.3) is 0 Å². The third-order valence-electron chi connectivity index (χ3n) is 2.27. The summed E-state index contributed by atoms with van der Waals surface area (Å²) in [5.41, 5.74) is 0. The highest BCUT2D eigenvalue weighted by atomic mass is 32.2. The normalized spacial score (nSPS) is 12.0. The van der Waals surface area contributed by atoms with Crippen molar-refractivity contribution in [3.8, 4) is 0 Å². The maximum Gasteiger partial charge on any atom is 0.389 e. The summed E-state index contributed by atoms with van der Waals surface area (Å²) >= 11 is 1.86. The number of hydrogen-bond acceptors (Lipinski definition) is 2. The van der Waals surface area contributed by atoms with Gasteiger partial charge in [0.25, 0.3) is 0 Å². The molecule has 16 heavy (non-hydrogen) atoms. The third-order valence-corrected chi connectivity index (χ3v) is 2.96. The predicted octanol–water partition coefficient (Wildman–Crippen LogP) is 3.84. The van der Waals surface area contributed by atoms with E-state index < -0.39 is 12.6 Å². The summed E-state index contributed by atoms with van der Waals surface area (Å²) in [4.78, 5) is 0. The summed E-state index contributed by atoms with van der Waals surface area (Å²) in [6.07, 6.45) is 2.33. The highest BCUT2D eigenvalue weighted by Gasteiger charge is 2.25. The number of hydrogen-bond donors (Lipinski definition) is 1. The first kappa shape index (κ1) is 16.1. The van der Waals surface area contributed by atoms with Crippen LogP contribution in [0.4, 0.5) is 13.2 Å². The van der Waals surface area contributed by atoms with Crippen molar-refractivity contribution in [3.05, 3.63) is 0 Å². The molecule has 0 spiro atoms. The van der Waals surface area contributed by atoms with Gasteiger partial charge in [-0.1, -0.05) is 12.8 Å². The Balaban J connectivity index is 2.99. The van der Waals surface area contributed by atoms with Gasteiger partial charge in [-0.2, -0.15) is 24.9 Å². The fraction of sp³-hybridized carbons (Fsp3) is 1.00. The van der Waals surface area contributed by atoms with Gasteiger partial charge in [-0.15, -0.1) is 0 Å². The largest absolute Gasteiger partial charge is 0.389 e. The van der Waals surface area contributed by atoms with Crippen molar-refractivity contribution in [2.75, 3.05) is 25.1 Å². The average Bonchev–Trinajstić information content (AvgIpc) is 2.19. The second kappa shape index (κ2) is 10.3. The molecule has 0 amide bonds. The van der Waals surface area contributed by atoms with E-state index in [1.807, 2.05) is 11.8 Å². The van der Waals surface area contributed by atoms with Crippen LogP contribution in [0.3, 0.4) is 0 Å². The summed E-state index contributed by atoms with van der Waals surface area (Å²) < 4.78 is 35.3. The molecule has 0 aromatic carbocycles. The first-order valence-corrected chi connectivity index (χ1v) is 7.22. The topological polar surface area (TPSA) is 12.0 Å². The highest BCUT2D eigenvalue weighted by Crippen LogP contribution is 2.20. The van der Waals surface area contributed by atoms with Crippen LogP contribution in [0.2, 0.25) is 0 Å². The molecule has 1 N–H and O–H groups in total. The SMILES string of the molecule is CSCCCCCCNCCCC(F)(F)F. The lowest BCUT2D eigenvalue weighted by atomic mass is 10.2. The standard InChI is InChI=1S/C11H22F3NS/c1-16-10-5-3-2-4-8-15-9-6-7-11(12,13)14/h15H,2-10H2,1H3. The fourth-order valence-electron chi connectivity index (χ4n) is 1.39. The molecular weight excluding hydrogens is 235 g/mol. The van der Waals surface area contributed by atoms with Crippen molar-refractivity contribution in [2.45, 2.75) is 44.7 Å². The first-order chi connectivity index (χ1) is 7.56. The molecular formula is C11H22F3NS. The molecule has 0 bridgehead atoms. The molecule has 0 atom stereocenters. The van der Waals surface area contributed by atoms with Gasteiger partial charge in [0, 0.05) is 6.42 Å². The van der Waals surface area contributed by atoms with Crippen LogP contribution in [0.15, 0.2) is 0 Å². The number of nitrogens with one attached hydrogen (secondary N) is 1. The molecule has 5 heteroatoms. The van der Waals surface area contributed by atoms with E-state index in [0.717, 1.165) is 13.0 Å². The zero-order valence-corrected chi connectivity index (χ0v) is 10.7. The Hall–Kier alpha value is 0.100. The summed E-state index contributed by atoms with van der Waals surface area (Å²) in [5.74, 6) is 1.21. The number of alkyl halides is 3. The first-order valence-electron chi connectivity index (χ1n) is 5.82. The van der Waals surface area contributed by atoms with Crippen LogP contribution < -0.4 is 5.32 Å². The van der Waals surface area contributed by atoms with Gasteiger partial charge in [-0.3, -0.25) is 0 Å². The van der Waals surface area contributed by atoms with Crippen LogP contribution >= 0.6 is 11.8 Å². The molecule has 0 saturated heterocycles. The molecule has 0 aromatic heterocycles. The Labute approximate surface area is 101 Å². The lowest BCUT2D eigenvalue weighted by Gasteiger charge is -2.07. The lowest BCUT2D eigenvalue weighted by molar-refractivity contribution is -0.135. The van der Waals surface area contributed by atoms with Gasteiger partial charge in [0.2, 0.25) is 0 Å². The van der Waals surface area contributed by atoms with Crippen LogP contribution in [-0.2, 0) is 0 Å². The van der Waals surface area contributed by atoms with E-state index in [-0.39, 0.29) is 6.42 Å². The second-order valence-corrected chi connectivity index (χ2v) is 4.86. The van der Waals surface area contributed by atoms with Crippen LogP contribution in [0.5, 0.6) is 0 Å². The maximum atomic E-state index is 11.8. The Morgan fingerprint density at radius 1 is 0.938 bits per heavy atom.